The zero-order valence-electron chi connectivity index (χ0n) is 11.2. The summed E-state index contributed by atoms with van der Waals surface area (Å²) < 4.78 is 1.79. The average molecular weight is 288 g/mol. The third kappa shape index (κ3) is 2.41. The fourth-order valence-corrected chi connectivity index (χ4v) is 3.00. The molecule has 0 aromatic carbocycles. The molecule has 3 rings (SSSR count). The Morgan fingerprint density at radius 3 is 3.00 bits per heavy atom. The third-order valence-corrected chi connectivity index (χ3v) is 4.25. The molecule has 2 N–H and O–H groups in total. The summed E-state index contributed by atoms with van der Waals surface area (Å²) in [6, 6.07) is 3.84. The Morgan fingerprint density at radius 1 is 1.40 bits per heavy atom. The summed E-state index contributed by atoms with van der Waals surface area (Å²) in [7, 11) is 0. The van der Waals surface area contributed by atoms with Crippen molar-refractivity contribution < 1.29 is 0 Å². The van der Waals surface area contributed by atoms with Crippen molar-refractivity contribution in [2.24, 2.45) is 11.7 Å². The number of nitrogens with zero attached hydrogens (tertiary/aromatic N) is 5. The topological polar surface area (TPSA) is 82.0 Å². The lowest BCUT2D eigenvalue weighted by Gasteiger charge is -2.08. The Labute approximate surface area is 120 Å². The van der Waals surface area contributed by atoms with Crippen LogP contribution in [0.2, 0.25) is 0 Å². The van der Waals surface area contributed by atoms with Gasteiger partial charge in [0.05, 0.1) is 0 Å². The van der Waals surface area contributed by atoms with Crippen molar-refractivity contribution in [3.63, 3.8) is 0 Å². The second-order valence-electron chi connectivity index (χ2n) is 4.67. The standard InChI is InChI=1S/C13H16N6S/c1-2-9(7-14)6-11-18-19-12(16-17-13(19)20-11)10-4-3-5-15-8-10/h3-5,8-9H,2,6-7,14H2,1H3. The minimum atomic E-state index is 0.473. The van der Waals surface area contributed by atoms with Gasteiger partial charge in [-0.3, -0.25) is 4.98 Å². The first kappa shape index (κ1) is 13.1. The number of hydrogen-bond donors (Lipinski definition) is 1. The van der Waals surface area contributed by atoms with E-state index in [9.17, 15) is 0 Å². The third-order valence-electron chi connectivity index (χ3n) is 3.33. The van der Waals surface area contributed by atoms with Crippen LogP contribution < -0.4 is 5.73 Å². The van der Waals surface area contributed by atoms with Gasteiger partial charge in [-0.1, -0.05) is 24.7 Å². The van der Waals surface area contributed by atoms with Crippen LogP contribution in [-0.2, 0) is 6.42 Å². The van der Waals surface area contributed by atoms with Gasteiger partial charge in [0.25, 0.3) is 0 Å². The molecule has 7 heteroatoms. The van der Waals surface area contributed by atoms with Gasteiger partial charge in [-0.05, 0) is 24.6 Å². The Hall–Kier alpha value is -1.86. The molecule has 0 amide bonds. The van der Waals surface area contributed by atoms with Crippen LogP contribution in [0.1, 0.15) is 18.4 Å². The molecule has 0 fully saturated rings. The first-order chi connectivity index (χ1) is 9.81. The number of rotatable bonds is 5. The maximum Gasteiger partial charge on any atom is 0.234 e. The van der Waals surface area contributed by atoms with Crippen molar-refractivity contribution in [1.29, 1.82) is 0 Å². The molecule has 0 aliphatic heterocycles. The van der Waals surface area contributed by atoms with Crippen LogP contribution in [0.3, 0.4) is 0 Å². The summed E-state index contributed by atoms with van der Waals surface area (Å²) in [6.45, 7) is 2.84. The van der Waals surface area contributed by atoms with Crippen molar-refractivity contribution >= 4 is 16.3 Å². The summed E-state index contributed by atoms with van der Waals surface area (Å²) in [5, 5.41) is 14.0. The molecule has 3 aromatic rings. The normalized spacial score (nSPS) is 12.9. The van der Waals surface area contributed by atoms with E-state index in [2.05, 4.69) is 27.2 Å². The van der Waals surface area contributed by atoms with E-state index in [0.717, 1.165) is 34.2 Å². The van der Waals surface area contributed by atoms with Crippen LogP contribution in [-0.4, -0.2) is 31.3 Å². The van der Waals surface area contributed by atoms with Crippen molar-refractivity contribution in [2.45, 2.75) is 19.8 Å². The molecule has 1 atom stereocenters. The lowest BCUT2D eigenvalue weighted by molar-refractivity contribution is 0.515. The molecular weight excluding hydrogens is 272 g/mol. The Balaban J connectivity index is 1.95. The molecule has 3 heterocycles. The number of hydrogen-bond acceptors (Lipinski definition) is 6. The van der Waals surface area contributed by atoms with Crippen LogP contribution in [0, 0.1) is 5.92 Å². The Kier molecular flexibility index (Phi) is 3.70. The molecule has 20 heavy (non-hydrogen) atoms. The van der Waals surface area contributed by atoms with Gasteiger partial charge < -0.3 is 5.73 Å². The minimum Gasteiger partial charge on any atom is -0.330 e. The predicted molar refractivity (Wildman–Crippen MR) is 78.4 cm³/mol. The number of fused-ring (bicyclic) bond motifs is 1. The van der Waals surface area contributed by atoms with Crippen molar-refractivity contribution in [1.82, 2.24) is 24.8 Å². The van der Waals surface area contributed by atoms with E-state index in [-0.39, 0.29) is 0 Å². The second kappa shape index (κ2) is 5.64. The van der Waals surface area contributed by atoms with Gasteiger partial charge in [0.2, 0.25) is 4.96 Å². The highest BCUT2D eigenvalue weighted by Crippen LogP contribution is 2.22. The van der Waals surface area contributed by atoms with E-state index in [4.69, 9.17) is 5.73 Å². The molecule has 3 aromatic heterocycles. The van der Waals surface area contributed by atoms with Gasteiger partial charge in [0.1, 0.15) is 5.01 Å². The molecule has 0 saturated carbocycles. The zero-order chi connectivity index (χ0) is 13.9. The maximum absolute atomic E-state index is 5.76. The van der Waals surface area contributed by atoms with E-state index in [1.54, 1.807) is 28.2 Å². The van der Waals surface area contributed by atoms with Gasteiger partial charge in [0.15, 0.2) is 5.82 Å². The van der Waals surface area contributed by atoms with E-state index < -0.39 is 0 Å². The van der Waals surface area contributed by atoms with Gasteiger partial charge in [0, 0.05) is 24.4 Å². The van der Waals surface area contributed by atoms with E-state index >= 15 is 0 Å². The van der Waals surface area contributed by atoms with Crippen LogP contribution in [0.4, 0.5) is 0 Å². The summed E-state index contributed by atoms with van der Waals surface area (Å²) in [5.74, 6) is 1.21. The summed E-state index contributed by atoms with van der Waals surface area (Å²) in [4.78, 5) is 4.92. The highest BCUT2D eigenvalue weighted by Gasteiger charge is 2.15. The quantitative estimate of drug-likeness (QED) is 0.773. The molecular formula is C13H16N6S. The van der Waals surface area contributed by atoms with Crippen LogP contribution in [0.5, 0.6) is 0 Å². The Bertz CT molecular complexity index is 685. The number of nitrogens with two attached hydrogens (primary N) is 1. The zero-order valence-corrected chi connectivity index (χ0v) is 12.0. The van der Waals surface area contributed by atoms with Crippen molar-refractivity contribution in [2.75, 3.05) is 6.54 Å². The molecule has 0 aliphatic rings. The fourth-order valence-electron chi connectivity index (χ4n) is 2.06. The predicted octanol–water partition coefficient (Wildman–Crippen LogP) is 1.78. The van der Waals surface area contributed by atoms with Crippen LogP contribution in [0.15, 0.2) is 24.5 Å². The summed E-state index contributed by atoms with van der Waals surface area (Å²) in [5.41, 5.74) is 6.67. The SMILES string of the molecule is CCC(CN)Cc1nn2c(-c3cccnc3)nnc2s1. The molecule has 0 radical (unpaired) electrons. The highest BCUT2D eigenvalue weighted by atomic mass is 32.1. The first-order valence-corrected chi connectivity index (χ1v) is 7.45. The highest BCUT2D eigenvalue weighted by molar-refractivity contribution is 7.16. The van der Waals surface area contributed by atoms with E-state index in [1.165, 1.54) is 0 Å². The second-order valence-corrected chi connectivity index (χ2v) is 5.71. The number of aromatic nitrogens is 5. The molecule has 0 bridgehead atoms. The lowest BCUT2D eigenvalue weighted by Crippen LogP contribution is -2.15. The van der Waals surface area contributed by atoms with Gasteiger partial charge in [-0.25, -0.2) is 0 Å². The van der Waals surface area contributed by atoms with Crippen molar-refractivity contribution in [3.05, 3.63) is 29.5 Å². The molecule has 104 valence electrons. The van der Waals surface area contributed by atoms with E-state index in [0.29, 0.717) is 12.5 Å². The van der Waals surface area contributed by atoms with Crippen LogP contribution >= 0.6 is 11.3 Å². The first-order valence-electron chi connectivity index (χ1n) is 6.63. The fraction of sp³-hybridized carbons (Fsp3) is 0.385. The number of pyridine rings is 1. The summed E-state index contributed by atoms with van der Waals surface area (Å²) in [6.07, 6.45) is 5.46. The summed E-state index contributed by atoms with van der Waals surface area (Å²) >= 11 is 1.57. The van der Waals surface area contributed by atoms with Gasteiger partial charge in [-0.15, -0.1) is 10.2 Å². The molecule has 0 spiro atoms. The lowest BCUT2D eigenvalue weighted by atomic mass is 10.0. The maximum atomic E-state index is 5.76. The van der Waals surface area contributed by atoms with E-state index in [1.807, 2.05) is 12.1 Å². The molecule has 0 aliphatic carbocycles. The molecule has 0 saturated heterocycles. The molecule has 6 nitrogen and oxygen atoms in total. The largest absolute Gasteiger partial charge is 0.330 e. The minimum absolute atomic E-state index is 0.473. The monoisotopic (exact) mass is 288 g/mol. The van der Waals surface area contributed by atoms with Gasteiger partial charge in [-0.2, -0.15) is 9.61 Å². The molecule has 1 unspecified atom stereocenters. The average Bonchev–Trinajstić information content (AvgIpc) is 3.05. The van der Waals surface area contributed by atoms with Crippen LogP contribution in [0.25, 0.3) is 16.3 Å². The van der Waals surface area contributed by atoms with Gasteiger partial charge >= 0.3 is 0 Å². The van der Waals surface area contributed by atoms with Crippen molar-refractivity contribution in [3.8, 4) is 11.4 Å². The smallest absolute Gasteiger partial charge is 0.234 e. The Morgan fingerprint density at radius 2 is 2.30 bits per heavy atom.